The van der Waals surface area contributed by atoms with E-state index in [-0.39, 0.29) is 11.4 Å². The fourth-order valence-electron chi connectivity index (χ4n) is 2.70. The highest BCUT2D eigenvalue weighted by atomic mass is 16.1. The van der Waals surface area contributed by atoms with Gasteiger partial charge in [0.2, 0.25) is 0 Å². The quantitative estimate of drug-likeness (QED) is 0.626. The maximum absolute atomic E-state index is 12.4. The van der Waals surface area contributed by atoms with E-state index in [0.717, 1.165) is 43.7 Å². The monoisotopic (exact) mass is 262 g/mol. The molecule has 1 aliphatic rings. The number of hydrogen-bond donors (Lipinski definition) is 2. The molecule has 2 rings (SSSR count). The first kappa shape index (κ1) is 13.8. The average Bonchev–Trinajstić information content (AvgIpc) is 2.40. The van der Waals surface area contributed by atoms with Gasteiger partial charge < -0.3 is 10.3 Å². The van der Waals surface area contributed by atoms with E-state index in [0.29, 0.717) is 12.1 Å². The van der Waals surface area contributed by atoms with Crippen molar-refractivity contribution < 1.29 is 0 Å². The normalized spacial score (nSPS) is 15.3. The summed E-state index contributed by atoms with van der Waals surface area (Å²) in [6.07, 6.45) is 1.81. The first-order chi connectivity index (χ1) is 9.08. The summed E-state index contributed by atoms with van der Waals surface area (Å²) in [5, 5.41) is 7.57. The Hall–Kier alpha value is -1.62. The van der Waals surface area contributed by atoms with Gasteiger partial charge in [0.15, 0.2) is 0 Å². The zero-order chi connectivity index (χ0) is 14.0. The second-order valence-electron chi connectivity index (χ2n) is 5.02. The fraction of sp³-hybridized carbons (Fsp3) is 0.571. The molecular formula is C14H22N4O. The number of aromatic nitrogens is 1. The Morgan fingerprint density at radius 1 is 1.47 bits per heavy atom. The van der Waals surface area contributed by atoms with Crippen molar-refractivity contribution in [2.24, 2.45) is 5.73 Å². The Kier molecular flexibility index (Phi) is 4.04. The van der Waals surface area contributed by atoms with E-state index in [1.54, 1.807) is 0 Å². The van der Waals surface area contributed by atoms with Gasteiger partial charge in [0.05, 0.1) is 5.56 Å². The summed E-state index contributed by atoms with van der Waals surface area (Å²) >= 11 is 0. The summed E-state index contributed by atoms with van der Waals surface area (Å²) in [6, 6.07) is 1.81. The molecule has 0 atom stereocenters. The molecule has 5 nitrogen and oxygen atoms in total. The summed E-state index contributed by atoms with van der Waals surface area (Å²) < 4.78 is 1.82. The number of fused-ring (bicyclic) bond motifs is 1. The van der Waals surface area contributed by atoms with Crippen LogP contribution in [0.5, 0.6) is 0 Å². The summed E-state index contributed by atoms with van der Waals surface area (Å²) in [5.74, 6) is -0.133. The summed E-state index contributed by atoms with van der Waals surface area (Å²) in [4.78, 5) is 14.7. The molecule has 3 N–H and O–H groups in total. The van der Waals surface area contributed by atoms with Gasteiger partial charge in [-0.05, 0) is 24.6 Å². The second kappa shape index (κ2) is 5.57. The molecule has 104 valence electrons. The molecule has 0 amide bonds. The van der Waals surface area contributed by atoms with Crippen molar-refractivity contribution in [1.29, 1.82) is 5.41 Å². The van der Waals surface area contributed by atoms with Gasteiger partial charge >= 0.3 is 0 Å². The number of pyridine rings is 1. The SMILES string of the molecule is CCCn1c2c(cc(C(=N)N)c1=O)CN(CC)CC2. The molecule has 0 saturated carbocycles. The largest absolute Gasteiger partial charge is 0.384 e. The van der Waals surface area contributed by atoms with E-state index < -0.39 is 0 Å². The van der Waals surface area contributed by atoms with Gasteiger partial charge in [-0.25, -0.2) is 0 Å². The highest BCUT2D eigenvalue weighted by molar-refractivity contribution is 5.94. The van der Waals surface area contributed by atoms with Crippen LogP contribution in [0, 0.1) is 5.41 Å². The standard InChI is InChI=1S/C14H22N4O/c1-3-6-18-12-5-7-17(4-2)9-10(12)8-11(13(15)16)14(18)19/h8H,3-7,9H2,1-2H3,(H3,15,16). The van der Waals surface area contributed by atoms with Crippen molar-refractivity contribution in [2.75, 3.05) is 13.1 Å². The predicted octanol–water partition coefficient (Wildman–Crippen LogP) is 0.920. The van der Waals surface area contributed by atoms with Gasteiger partial charge in [-0.15, -0.1) is 0 Å². The second-order valence-corrected chi connectivity index (χ2v) is 5.02. The molecule has 1 aromatic heterocycles. The highest BCUT2D eigenvalue weighted by Gasteiger charge is 2.21. The first-order valence-corrected chi connectivity index (χ1v) is 6.90. The zero-order valence-corrected chi connectivity index (χ0v) is 11.7. The smallest absolute Gasteiger partial charge is 0.261 e. The van der Waals surface area contributed by atoms with Crippen LogP contribution in [-0.2, 0) is 19.5 Å². The minimum Gasteiger partial charge on any atom is -0.384 e. The van der Waals surface area contributed by atoms with Gasteiger partial charge in [-0.1, -0.05) is 13.8 Å². The van der Waals surface area contributed by atoms with E-state index in [4.69, 9.17) is 11.1 Å². The Bertz CT molecular complexity index is 547. The van der Waals surface area contributed by atoms with Crippen LogP contribution in [0.4, 0.5) is 0 Å². The highest BCUT2D eigenvalue weighted by Crippen LogP contribution is 2.18. The number of nitrogens with one attached hydrogen (secondary N) is 1. The third kappa shape index (κ3) is 2.56. The van der Waals surface area contributed by atoms with Crippen LogP contribution in [-0.4, -0.2) is 28.4 Å². The molecule has 0 aromatic carbocycles. The maximum atomic E-state index is 12.4. The number of likely N-dealkylation sites (N-methyl/N-ethyl adjacent to an activating group) is 1. The topological polar surface area (TPSA) is 75.1 Å². The van der Waals surface area contributed by atoms with Gasteiger partial charge in [0.1, 0.15) is 5.84 Å². The molecule has 19 heavy (non-hydrogen) atoms. The molecule has 1 aromatic rings. The number of nitrogen functional groups attached to an aromatic ring is 1. The number of nitrogens with zero attached hydrogens (tertiary/aromatic N) is 2. The predicted molar refractivity (Wildman–Crippen MR) is 76.7 cm³/mol. The number of rotatable bonds is 4. The average molecular weight is 262 g/mol. The third-order valence-corrected chi connectivity index (χ3v) is 3.73. The molecule has 0 radical (unpaired) electrons. The molecule has 0 fully saturated rings. The van der Waals surface area contributed by atoms with Gasteiger partial charge in [0.25, 0.3) is 5.56 Å². The molecule has 2 heterocycles. The van der Waals surface area contributed by atoms with Crippen molar-refractivity contribution in [3.05, 3.63) is 33.2 Å². The van der Waals surface area contributed by atoms with Crippen molar-refractivity contribution in [3.63, 3.8) is 0 Å². The third-order valence-electron chi connectivity index (χ3n) is 3.73. The molecule has 0 unspecified atom stereocenters. The lowest BCUT2D eigenvalue weighted by molar-refractivity contribution is 0.261. The van der Waals surface area contributed by atoms with Crippen LogP contribution in [0.2, 0.25) is 0 Å². The Labute approximate surface area is 113 Å². The van der Waals surface area contributed by atoms with Gasteiger partial charge in [0, 0.05) is 31.7 Å². The van der Waals surface area contributed by atoms with E-state index >= 15 is 0 Å². The lowest BCUT2D eigenvalue weighted by atomic mass is 10.0. The fourth-order valence-corrected chi connectivity index (χ4v) is 2.70. The van der Waals surface area contributed by atoms with E-state index in [2.05, 4.69) is 18.7 Å². The minimum absolute atomic E-state index is 0.113. The molecule has 1 aliphatic heterocycles. The minimum atomic E-state index is -0.133. The molecule has 0 saturated heterocycles. The number of hydrogen-bond acceptors (Lipinski definition) is 3. The lowest BCUT2D eigenvalue weighted by Gasteiger charge is -2.30. The summed E-state index contributed by atoms with van der Waals surface area (Å²) in [6.45, 7) is 7.73. The molecule has 0 bridgehead atoms. The van der Waals surface area contributed by atoms with E-state index in [9.17, 15) is 4.79 Å². The van der Waals surface area contributed by atoms with Gasteiger partial charge in [-0.3, -0.25) is 15.1 Å². The van der Waals surface area contributed by atoms with Crippen molar-refractivity contribution in [2.45, 2.75) is 39.8 Å². The first-order valence-electron chi connectivity index (χ1n) is 6.90. The maximum Gasteiger partial charge on any atom is 0.261 e. The van der Waals surface area contributed by atoms with Crippen LogP contribution in [0.25, 0.3) is 0 Å². The number of nitrogens with two attached hydrogens (primary N) is 1. The molecule has 0 aliphatic carbocycles. The zero-order valence-electron chi connectivity index (χ0n) is 11.7. The summed E-state index contributed by atoms with van der Waals surface area (Å²) in [7, 11) is 0. The van der Waals surface area contributed by atoms with Crippen LogP contribution in [0.3, 0.4) is 0 Å². The van der Waals surface area contributed by atoms with Crippen molar-refractivity contribution in [3.8, 4) is 0 Å². The molecular weight excluding hydrogens is 240 g/mol. The van der Waals surface area contributed by atoms with Crippen LogP contribution < -0.4 is 11.3 Å². The number of amidine groups is 1. The lowest BCUT2D eigenvalue weighted by Crippen LogP contribution is -2.38. The Morgan fingerprint density at radius 2 is 2.21 bits per heavy atom. The summed E-state index contributed by atoms with van der Waals surface area (Å²) in [5.41, 5.74) is 8.03. The van der Waals surface area contributed by atoms with E-state index in [1.165, 1.54) is 0 Å². The van der Waals surface area contributed by atoms with Crippen molar-refractivity contribution >= 4 is 5.84 Å². The van der Waals surface area contributed by atoms with Crippen molar-refractivity contribution in [1.82, 2.24) is 9.47 Å². The molecule has 5 heteroatoms. The Morgan fingerprint density at radius 3 is 2.79 bits per heavy atom. The van der Waals surface area contributed by atoms with E-state index in [1.807, 2.05) is 10.6 Å². The van der Waals surface area contributed by atoms with Crippen LogP contribution >= 0.6 is 0 Å². The van der Waals surface area contributed by atoms with Crippen LogP contribution in [0.15, 0.2) is 10.9 Å². The Balaban J connectivity index is 2.57. The molecule has 0 spiro atoms. The van der Waals surface area contributed by atoms with Gasteiger partial charge in [-0.2, -0.15) is 0 Å². The van der Waals surface area contributed by atoms with Crippen LogP contribution in [0.1, 0.15) is 37.1 Å².